The van der Waals surface area contributed by atoms with Crippen LogP contribution in [-0.2, 0) is 4.79 Å². The second-order valence-corrected chi connectivity index (χ2v) is 9.82. The summed E-state index contributed by atoms with van der Waals surface area (Å²) in [6.45, 7) is 4.35. The Bertz CT molecular complexity index is 1490. The number of imidazole rings is 1. The molecular weight excluding hydrogens is 496 g/mol. The summed E-state index contributed by atoms with van der Waals surface area (Å²) in [5, 5.41) is 14.8. The third kappa shape index (κ3) is 4.95. The average Bonchev–Trinajstić information content (AvgIpc) is 3.65. The number of hydrogen-bond acceptors (Lipinski definition) is 8. The topological polar surface area (TPSA) is 112 Å². The number of piperazine rings is 1. The average molecular weight is 527 g/mol. The maximum absolute atomic E-state index is 13.2. The number of amides is 1. The number of nitro groups is 1. The summed E-state index contributed by atoms with van der Waals surface area (Å²) in [7, 11) is 0. The molecule has 39 heavy (non-hydrogen) atoms. The molecule has 0 bridgehead atoms. The van der Waals surface area contributed by atoms with Gasteiger partial charge >= 0.3 is 0 Å². The first kappa shape index (κ1) is 24.7. The van der Waals surface area contributed by atoms with Crippen molar-refractivity contribution in [3.63, 3.8) is 0 Å². The number of nitrogens with zero attached hydrogens (tertiary/aromatic N) is 7. The fraction of sp³-hybridized carbons (Fsp3) is 0.321. The SMILES string of the molecule is O=C(CNc1c(-c2ccc(N3CCCC3)cc2)nc2cnccn12)N1CCN(c2ccccc2[N+](=O)[O-])CC1. The van der Waals surface area contributed by atoms with Crippen LogP contribution in [-0.4, -0.2) is 75.9 Å². The van der Waals surface area contributed by atoms with E-state index in [2.05, 4.69) is 39.5 Å². The first-order valence-corrected chi connectivity index (χ1v) is 13.3. The molecule has 200 valence electrons. The van der Waals surface area contributed by atoms with Crippen LogP contribution in [0.5, 0.6) is 0 Å². The molecule has 0 unspecified atom stereocenters. The Kier molecular flexibility index (Phi) is 6.70. The largest absolute Gasteiger partial charge is 0.372 e. The highest BCUT2D eigenvalue weighted by atomic mass is 16.6. The van der Waals surface area contributed by atoms with Gasteiger partial charge in [0.2, 0.25) is 5.91 Å². The Morgan fingerprint density at radius 3 is 2.44 bits per heavy atom. The summed E-state index contributed by atoms with van der Waals surface area (Å²) in [5.41, 5.74) is 4.32. The monoisotopic (exact) mass is 526 g/mol. The number of carbonyl (C=O) groups is 1. The van der Waals surface area contributed by atoms with E-state index < -0.39 is 0 Å². The van der Waals surface area contributed by atoms with E-state index in [1.165, 1.54) is 24.6 Å². The van der Waals surface area contributed by atoms with Crippen LogP contribution in [0.3, 0.4) is 0 Å². The molecule has 0 radical (unpaired) electrons. The molecule has 4 aromatic rings. The zero-order chi connectivity index (χ0) is 26.8. The molecule has 0 atom stereocenters. The van der Waals surface area contributed by atoms with Crippen LogP contribution < -0.4 is 15.1 Å². The lowest BCUT2D eigenvalue weighted by molar-refractivity contribution is -0.384. The van der Waals surface area contributed by atoms with E-state index in [0.29, 0.717) is 37.5 Å². The van der Waals surface area contributed by atoms with Crippen molar-refractivity contribution in [1.29, 1.82) is 0 Å². The van der Waals surface area contributed by atoms with Crippen LogP contribution >= 0.6 is 0 Å². The van der Waals surface area contributed by atoms with E-state index in [9.17, 15) is 14.9 Å². The van der Waals surface area contributed by atoms with Crippen LogP contribution in [0.1, 0.15) is 12.8 Å². The van der Waals surface area contributed by atoms with Gasteiger partial charge in [-0.1, -0.05) is 24.3 Å². The summed E-state index contributed by atoms with van der Waals surface area (Å²) in [6, 6.07) is 15.2. The molecule has 11 heteroatoms. The number of hydrogen-bond donors (Lipinski definition) is 1. The molecule has 2 saturated heterocycles. The second-order valence-electron chi connectivity index (χ2n) is 9.82. The molecule has 2 aliphatic rings. The molecule has 4 heterocycles. The Balaban J connectivity index is 1.15. The van der Waals surface area contributed by atoms with E-state index in [0.717, 1.165) is 30.2 Å². The van der Waals surface area contributed by atoms with Crippen molar-refractivity contribution >= 4 is 34.4 Å². The van der Waals surface area contributed by atoms with Gasteiger partial charge in [0.25, 0.3) is 5.69 Å². The minimum atomic E-state index is -0.361. The number of nitro benzene ring substituents is 1. The number of fused-ring (bicyclic) bond motifs is 1. The van der Waals surface area contributed by atoms with Gasteiger partial charge in [-0.15, -0.1) is 0 Å². The third-order valence-electron chi connectivity index (χ3n) is 7.50. The molecule has 1 N–H and O–H groups in total. The first-order chi connectivity index (χ1) is 19.1. The van der Waals surface area contributed by atoms with Crippen LogP contribution in [0.4, 0.5) is 22.9 Å². The molecule has 11 nitrogen and oxygen atoms in total. The lowest BCUT2D eigenvalue weighted by Crippen LogP contribution is -2.50. The molecule has 2 aliphatic heterocycles. The molecule has 2 aromatic carbocycles. The predicted molar refractivity (Wildman–Crippen MR) is 150 cm³/mol. The minimum absolute atomic E-state index is 0.0310. The van der Waals surface area contributed by atoms with Crippen molar-refractivity contribution in [2.45, 2.75) is 12.8 Å². The number of nitrogens with one attached hydrogen (secondary N) is 1. The van der Waals surface area contributed by atoms with Gasteiger partial charge in [0, 0.05) is 69.0 Å². The van der Waals surface area contributed by atoms with Gasteiger partial charge in [0.05, 0.1) is 17.7 Å². The third-order valence-corrected chi connectivity index (χ3v) is 7.50. The first-order valence-electron chi connectivity index (χ1n) is 13.3. The smallest absolute Gasteiger partial charge is 0.292 e. The molecule has 2 aromatic heterocycles. The van der Waals surface area contributed by atoms with Gasteiger partial charge in [-0.25, -0.2) is 4.98 Å². The molecule has 6 rings (SSSR count). The van der Waals surface area contributed by atoms with Crippen molar-refractivity contribution in [2.75, 3.05) is 60.9 Å². The van der Waals surface area contributed by atoms with Crippen molar-refractivity contribution in [1.82, 2.24) is 19.3 Å². The fourth-order valence-electron chi connectivity index (χ4n) is 5.44. The molecule has 1 amide bonds. The normalized spacial score (nSPS) is 15.6. The molecule has 2 fully saturated rings. The number of para-hydroxylation sites is 2. The van der Waals surface area contributed by atoms with Crippen LogP contribution in [0.25, 0.3) is 16.9 Å². The standard InChI is InChI=1S/C28H30N8O3/c37-26(34-17-15-33(16-18-34)23-5-1-2-6-24(23)36(38)39)20-30-28-27(31-25-19-29-11-14-35(25)28)21-7-9-22(10-8-21)32-12-3-4-13-32/h1-2,5-11,14,19,30H,3-4,12-13,15-18,20H2. The van der Waals surface area contributed by atoms with Gasteiger partial charge in [-0.2, -0.15) is 0 Å². The van der Waals surface area contributed by atoms with Crippen molar-refractivity contribution in [3.8, 4) is 11.3 Å². The molecular formula is C28H30N8O3. The lowest BCUT2D eigenvalue weighted by Gasteiger charge is -2.35. The minimum Gasteiger partial charge on any atom is -0.372 e. The quantitative estimate of drug-likeness (QED) is 0.287. The van der Waals surface area contributed by atoms with Gasteiger partial charge in [0.15, 0.2) is 5.65 Å². The zero-order valence-electron chi connectivity index (χ0n) is 21.6. The number of rotatable bonds is 7. The summed E-state index contributed by atoms with van der Waals surface area (Å²) < 4.78 is 1.91. The number of aromatic nitrogens is 3. The summed E-state index contributed by atoms with van der Waals surface area (Å²) in [5.74, 6) is 0.713. The summed E-state index contributed by atoms with van der Waals surface area (Å²) in [4.78, 5) is 39.4. The Morgan fingerprint density at radius 2 is 1.69 bits per heavy atom. The van der Waals surface area contributed by atoms with Crippen LogP contribution in [0.2, 0.25) is 0 Å². The fourth-order valence-corrected chi connectivity index (χ4v) is 5.44. The zero-order valence-corrected chi connectivity index (χ0v) is 21.6. The Labute approximate surface area is 225 Å². The van der Waals surface area contributed by atoms with Crippen LogP contribution in [0.15, 0.2) is 67.1 Å². The second kappa shape index (κ2) is 10.6. The highest BCUT2D eigenvalue weighted by molar-refractivity contribution is 5.84. The maximum Gasteiger partial charge on any atom is 0.292 e. The molecule has 0 aliphatic carbocycles. The van der Waals surface area contributed by atoms with Gasteiger partial charge in [-0.3, -0.25) is 24.3 Å². The van der Waals surface area contributed by atoms with Crippen molar-refractivity contribution in [3.05, 3.63) is 77.2 Å². The highest BCUT2D eigenvalue weighted by Crippen LogP contribution is 2.31. The molecule has 0 spiro atoms. The highest BCUT2D eigenvalue weighted by Gasteiger charge is 2.26. The van der Waals surface area contributed by atoms with E-state index in [1.54, 1.807) is 35.5 Å². The molecule has 0 saturated carbocycles. The van der Waals surface area contributed by atoms with E-state index in [-0.39, 0.29) is 23.1 Å². The van der Waals surface area contributed by atoms with E-state index >= 15 is 0 Å². The van der Waals surface area contributed by atoms with E-state index in [4.69, 9.17) is 4.98 Å². The number of benzene rings is 2. The lowest BCUT2D eigenvalue weighted by atomic mass is 10.1. The van der Waals surface area contributed by atoms with Crippen molar-refractivity contribution in [2.24, 2.45) is 0 Å². The number of anilines is 3. The summed E-state index contributed by atoms with van der Waals surface area (Å²) in [6.07, 6.45) is 7.69. The maximum atomic E-state index is 13.2. The van der Waals surface area contributed by atoms with Gasteiger partial charge in [-0.05, 0) is 31.0 Å². The van der Waals surface area contributed by atoms with Crippen molar-refractivity contribution < 1.29 is 9.72 Å². The predicted octanol–water partition coefficient (Wildman–Crippen LogP) is 3.67. The van der Waals surface area contributed by atoms with Gasteiger partial charge < -0.3 is 20.0 Å². The number of carbonyl (C=O) groups excluding carboxylic acids is 1. The summed E-state index contributed by atoms with van der Waals surface area (Å²) >= 11 is 0. The Hall–Kier alpha value is -4.67. The Morgan fingerprint density at radius 1 is 0.949 bits per heavy atom. The van der Waals surface area contributed by atoms with Crippen LogP contribution in [0, 0.1) is 10.1 Å². The van der Waals surface area contributed by atoms with E-state index in [1.807, 2.05) is 15.5 Å². The van der Waals surface area contributed by atoms with Gasteiger partial charge in [0.1, 0.15) is 17.2 Å².